The van der Waals surface area contributed by atoms with Gasteiger partial charge in [-0.3, -0.25) is 4.90 Å². The number of nitrogens with zero attached hydrogens (tertiary/aromatic N) is 7. The van der Waals surface area contributed by atoms with Crippen LogP contribution >= 0.6 is 0 Å². The number of likely N-dealkylation sites (tertiary alicyclic amines) is 1. The van der Waals surface area contributed by atoms with Gasteiger partial charge in [0.15, 0.2) is 11.6 Å². The van der Waals surface area contributed by atoms with Crippen molar-refractivity contribution >= 4 is 22.9 Å². The van der Waals surface area contributed by atoms with Crippen molar-refractivity contribution in [2.24, 2.45) is 0 Å². The smallest absolute Gasteiger partial charge is 0.245 e. The third-order valence-electron chi connectivity index (χ3n) is 6.69. The minimum absolute atomic E-state index is 0.163. The second-order valence-electron chi connectivity index (χ2n) is 8.69. The van der Waals surface area contributed by atoms with Gasteiger partial charge < -0.3 is 14.9 Å². The number of piperidine rings is 2. The minimum atomic E-state index is -0.163. The molecule has 9 heteroatoms. The normalized spacial score (nSPS) is 25.5. The second-order valence-corrected chi connectivity index (χ2v) is 8.69. The van der Waals surface area contributed by atoms with Crippen LogP contribution in [0.3, 0.4) is 0 Å². The monoisotopic (exact) mass is 401 g/mol. The van der Waals surface area contributed by atoms with E-state index in [-0.39, 0.29) is 6.10 Å². The standard InChI is InChI=1S/C20H31N7O2/c28-16-6-5-11-27(14-16)15-7-12-26(13-8-15)20-19(25-9-3-1-2-4-10-25)21-17-18(22-20)24-29-23-17/h15-16,28H,1-14H2/t16-/m0/s1. The van der Waals surface area contributed by atoms with Gasteiger partial charge in [-0.25, -0.2) is 14.6 Å². The fourth-order valence-electron chi connectivity index (χ4n) is 5.09. The summed E-state index contributed by atoms with van der Waals surface area (Å²) in [6.07, 6.45) is 8.99. The maximum atomic E-state index is 10.0. The summed E-state index contributed by atoms with van der Waals surface area (Å²) < 4.78 is 4.89. The number of β-amino-alcohol motifs (C(OH)–C–C–N with tert-alkyl or cyclic N) is 1. The van der Waals surface area contributed by atoms with E-state index >= 15 is 0 Å². The molecule has 5 rings (SSSR count). The van der Waals surface area contributed by atoms with Gasteiger partial charge >= 0.3 is 0 Å². The molecule has 0 unspecified atom stereocenters. The van der Waals surface area contributed by atoms with E-state index < -0.39 is 0 Å². The lowest BCUT2D eigenvalue weighted by Crippen LogP contribution is -2.50. The molecule has 3 fully saturated rings. The Morgan fingerprint density at radius 2 is 1.34 bits per heavy atom. The Labute approximate surface area is 171 Å². The number of anilines is 2. The molecule has 0 bridgehead atoms. The minimum Gasteiger partial charge on any atom is -0.392 e. The van der Waals surface area contributed by atoms with E-state index in [1.807, 2.05) is 0 Å². The number of aliphatic hydroxyl groups excluding tert-OH is 1. The molecular formula is C20H31N7O2. The van der Waals surface area contributed by atoms with Crippen molar-refractivity contribution in [1.82, 2.24) is 25.2 Å². The molecule has 9 nitrogen and oxygen atoms in total. The van der Waals surface area contributed by atoms with Crippen molar-refractivity contribution in [2.75, 3.05) is 49.1 Å². The Morgan fingerprint density at radius 1 is 0.724 bits per heavy atom. The van der Waals surface area contributed by atoms with Crippen molar-refractivity contribution in [3.63, 3.8) is 0 Å². The van der Waals surface area contributed by atoms with Crippen LogP contribution in [0.2, 0.25) is 0 Å². The number of hydrogen-bond donors (Lipinski definition) is 1. The zero-order chi connectivity index (χ0) is 19.6. The van der Waals surface area contributed by atoms with Crippen LogP contribution in [0.25, 0.3) is 11.3 Å². The van der Waals surface area contributed by atoms with E-state index in [0.717, 1.165) is 76.6 Å². The molecule has 5 heterocycles. The van der Waals surface area contributed by atoms with Gasteiger partial charge in [0.25, 0.3) is 0 Å². The molecule has 2 aromatic rings. The Hall–Kier alpha value is -2.00. The predicted molar refractivity (Wildman–Crippen MR) is 110 cm³/mol. The van der Waals surface area contributed by atoms with Crippen molar-refractivity contribution in [3.05, 3.63) is 0 Å². The Kier molecular flexibility index (Phi) is 5.50. The first-order valence-electron chi connectivity index (χ1n) is 11.2. The first kappa shape index (κ1) is 19.0. The largest absolute Gasteiger partial charge is 0.392 e. The maximum Gasteiger partial charge on any atom is 0.245 e. The summed E-state index contributed by atoms with van der Waals surface area (Å²) in [5.41, 5.74) is 0.977. The van der Waals surface area contributed by atoms with Gasteiger partial charge in [0, 0.05) is 38.8 Å². The molecule has 158 valence electrons. The lowest BCUT2D eigenvalue weighted by molar-refractivity contribution is 0.0398. The van der Waals surface area contributed by atoms with Crippen LogP contribution in [0.4, 0.5) is 11.6 Å². The lowest BCUT2D eigenvalue weighted by Gasteiger charge is -2.42. The van der Waals surface area contributed by atoms with Crippen LogP contribution in [0.5, 0.6) is 0 Å². The highest BCUT2D eigenvalue weighted by molar-refractivity contribution is 5.74. The molecule has 1 N–H and O–H groups in total. The Balaban J connectivity index is 1.36. The zero-order valence-electron chi connectivity index (χ0n) is 17.0. The van der Waals surface area contributed by atoms with E-state index in [1.165, 1.54) is 25.7 Å². The van der Waals surface area contributed by atoms with Crippen LogP contribution in [0.15, 0.2) is 4.63 Å². The van der Waals surface area contributed by atoms with Gasteiger partial charge in [0.2, 0.25) is 11.3 Å². The topological polar surface area (TPSA) is 94.6 Å². The highest BCUT2D eigenvalue weighted by atomic mass is 16.6. The van der Waals surface area contributed by atoms with Gasteiger partial charge in [-0.15, -0.1) is 0 Å². The molecule has 2 aromatic heterocycles. The molecular weight excluding hydrogens is 370 g/mol. The molecule has 29 heavy (non-hydrogen) atoms. The molecule has 3 saturated heterocycles. The number of aromatic nitrogens is 4. The summed E-state index contributed by atoms with van der Waals surface area (Å²) in [5.74, 6) is 1.86. The van der Waals surface area contributed by atoms with Crippen LogP contribution in [0, 0.1) is 0 Å². The molecule has 0 aliphatic carbocycles. The van der Waals surface area contributed by atoms with Gasteiger partial charge in [-0.05, 0) is 55.4 Å². The summed E-state index contributed by atoms with van der Waals surface area (Å²) in [7, 11) is 0. The van der Waals surface area contributed by atoms with Crippen molar-refractivity contribution in [1.29, 1.82) is 0 Å². The molecule has 3 aliphatic heterocycles. The molecule has 1 atom stereocenters. The first-order chi connectivity index (χ1) is 14.3. The van der Waals surface area contributed by atoms with Gasteiger partial charge in [-0.2, -0.15) is 0 Å². The highest BCUT2D eigenvalue weighted by Gasteiger charge is 2.31. The van der Waals surface area contributed by atoms with E-state index in [4.69, 9.17) is 14.6 Å². The van der Waals surface area contributed by atoms with Gasteiger partial charge in [-0.1, -0.05) is 12.8 Å². The lowest BCUT2D eigenvalue weighted by atomic mass is 9.99. The fourth-order valence-corrected chi connectivity index (χ4v) is 5.09. The number of aliphatic hydroxyl groups is 1. The third kappa shape index (κ3) is 4.02. The molecule has 0 spiro atoms. The number of rotatable bonds is 3. The van der Waals surface area contributed by atoms with Crippen LogP contribution in [0.1, 0.15) is 51.4 Å². The summed E-state index contributed by atoms with van der Waals surface area (Å²) in [5, 5.41) is 17.9. The summed E-state index contributed by atoms with van der Waals surface area (Å²) in [4.78, 5) is 16.8. The summed E-state index contributed by atoms with van der Waals surface area (Å²) >= 11 is 0. The first-order valence-corrected chi connectivity index (χ1v) is 11.2. The zero-order valence-corrected chi connectivity index (χ0v) is 17.0. The van der Waals surface area contributed by atoms with E-state index in [1.54, 1.807) is 0 Å². The predicted octanol–water partition coefficient (Wildman–Crippen LogP) is 1.82. The summed E-state index contributed by atoms with van der Waals surface area (Å²) in [6, 6.07) is 0.549. The van der Waals surface area contributed by atoms with E-state index in [2.05, 4.69) is 25.0 Å². The highest BCUT2D eigenvalue weighted by Crippen LogP contribution is 2.32. The van der Waals surface area contributed by atoms with Crippen LogP contribution in [-0.4, -0.2) is 81.7 Å². The quantitative estimate of drug-likeness (QED) is 0.826. The maximum absolute atomic E-state index is 10.0. The number of hydrogen-bond acceptors (Lipinski definition) is 9. The SMILES string of the molecule is O[C@H]1CCCN(C2CCN(c3nc4nonc4nc3N3CCCCCC3)CC2)C1. The van der Waals surface area contributed by atoms with Crippen molar-refractivity contribution < 1.29 is 9.74 Å². The summed E-state index contributed by atoms with van der Waals surface area (Å²) in [6.45, 7) is 5.85. The molecule has 0 amide bonds. The molecule has 0 aromatic carbocycles. The van der Waals surface area contributed by atoms with Crippen LogP contribution < -0.4 is 9.80 Å². The fraction of sp³-hybridized carbons (Fsp3) is 0.800. The Bertz CT molecular complexity index is 812. The molecule has 0 radical (unpaired) electrons. The van der Waals surface area contributed by atoms with Crippen molar-refractivity contribution in [2.45, 2.75) is 63.5 Å². The van der Waals surface area contributed by atoms with Crippen LogP contribution in [-0.2, 0) is 0 Å². The average Bonchev–Trinajstić information content (AvgIpc) is 3.04. The second kappa shape index (κ2) is 8.39. The van der Waals surface area contributed by atoms with Gasteiger partial charge in [0.1, 0.15) is 0 Å². The van der Waals surface area contributed by atoms with E-state index in [0.29, 0.717) is 17.3 Å². The average molecular weight is 402 g/mol. The molecule has 0 saturated carbocycles. The third-order valence-corrected chi connectivity index (χ3v) is 6.69. The Morgan fingerprint density at radius 3 is 1.97 bits per heavy atom. The van der Waals surface area contributed by atoms with Gasteiger partial charge in [0.05, 0.1) is 6.10 Å². The van der Waals surface area contributed by atoms with E-state index in [9.17, 15) is 5.11 Å². The number of fused-ring (bicyclic) bond motifs is 1. The van der Waals surface area contributed by atoms with Crippen molar-refractivity contribution in [3.8, 4) is 0 Å². The molecule has 3 aliphatic rings.